The predicted octanol–water partition coefficient (Wildman–Crippen LogP) is 0.331. The highest BCUT2D eigenvalue weighted by molar-refractivity contribution is 6.30. The largest absolute Gasteiger partial charge is 0.389 e. The zero-order chi connectivity index (χ0) is 15.1. The molecule has 0 radical (unpaired) electrons. The summed E-state index contributed by atoms with van der Waals surface area (Å²) >= 11 is 5.94. The maximum Gasteiger partial charge on any atom is 0.183 e. The Bertz CT molecular complexity index is 522. The van der Waals surface area contributed by atoms with Crippen molar-refractivity contribution in [1.82, 2.24) is 15.1 Å². The number of hydrogen-bond donors (Lipinski definition) is 2. The van der Waals surface area contributed by atoms with Crippen molar-refractivity contribution >= 4 is 11.6 Å². The van der Waals surface area contributed by atoms with E-state index in [1.165, 1.54) is 0 Å². The summed E-state index contributed by atoms with van der Waals surface area (Å²) in [5.74, 6) is 0. The second-order valence-electron chi connectivity index (χ2n) is 6.08. The van der Waals surface area contributed by atoms with Gasteiger partial charge in [0, 0.05) is 25.5 Å². The molecule has 2 N–H and O–H groups in total. The van der Waals surface area contributed by atoms with Gasteiger partial charge in [-0.15, -0.1) is 0 Å². The molecule has 122 valence electrons. The number of aliphatic hydroxyl groups is 1. The van der Waals surface area contributed by atoms with Crippen molar-refractivity contribution in [3.63, 3.8) is 0 Å². The van der Waals surface area contributed by atoms with E-state index in [4.69, 9.17) is 25.8 Å². The molecule has 4 heterocycles. The molecular formula is C14H20ClN3O4. The van der Waals surface area contributed by atoms with Gasteiger partial charge in [0.1, 0.15) is 12.1 Å². The van der Waals surface area contributed by atoms with Gasteiger partial charge in [0.05, 0.1) is 30.0 Å². The molecule has 0 spiro atoms. The molecule has 0 aliphatic carbocycles. The summed E-state index contributed by atoms with van der Waals surface area (Å²) in [7, 11) is 0. The van der Waals surface area contributed by atoms with Crippen LogP contribution in [0, 0.1) is 0 Å². The Morgan fingerprint density at radius 1 is 1.36 bits per heavy atom. The first-order valence-electron chi connectivity index (χ1n) is 7.71. The zero-order valence-electron chi connectivity index (χ0n) is 12.1. The van der Waals surface area contributed by atoms with Crippen LogP contribution >= 0.6 is 11.6 Å². The fourth-order valence-corrected chi connectivity index (χ4v) is 3.65. The third-order valence-corrected chi connectivity index (χ3v) is 4.85. The molecule has 5 unspecified atom stereocenters. The number of nitrogens with zero attached hydrogens (tertiary/aromatic N) is 2. The van der Waals surface area contributed by atoms with Gasteiger partial charge in [-0.3, -0.25) is 4.68 Å². The molecule has 4 rings (SSSR count). The highest BCUT2D eigenvalue weighted by Gasteiger charge is 2.51. The second-order valence-corrected chi connectivity index (χ2v) is 6.51. The van der Waals surface area contributed by atoms with E-state index in [0.717, 1.165) is 26.1 Å². The number of fused-ring (bicyclic) bond motifs is 2. The van der Waals surface area contributed by atoms with Gasteiger partial charge in [0.25, 0.3) is 0 Å². The third kappa shape index (κ3) is 2.66. The summed E-state index contributed by atoms with van der Waals surface area (Å²) in [5.41, 5.74) is 0. The molecule has 1 aromatic rings. The van der Waals surface area contributed by atoms with Gasteiger partial charge in [-0.2, -0.15) is 5.10 Å². The molecule has 22 heavy (non-hydrogen) atoms. The lowest BCUT2D eigenvalue weighted by Gasteiger charge is -2.40. The van der Waals surface area contributed by atoms with Gasteiger partial charge in [0.2, 0.25) is 0 Å². The zero-order valence-corrected chi connectivity index (χ0v) is 12.9. The van der Waals surface area contributed by atoms with Crippen LogP contribution in [0.15, 0.2) is 12.4 Å². The van der Waals surface area contributed by atoms with E-state index in [1.807, 2.05) is 0 Å². The van der Waals surface area contributed by atoms with Gasteiger partial charge in [-0.05, 0) is 12.8 Å². The minimum absolute atomic E-state index is 0.134. The molecule has 3 aliphatic rings. The lowest BCUT2D eigenvalue weighted by Crippen LogP contribution is -2.60. The minimum Gasteiger partial charge on any atom is -0.389 e. The number of hydrogen-bond acceptors (Lipinski definition) is 6. The lowest BCUT2D eigenvalue weighted by molar-refractivity contribution is -0.169. The van der Waals surface area contributed by atoms with E-state index in [0.29, 0.717) is 17.7 Å². The van der Waals surface area contributed by atoms with Gasteiger partial charge in [-0.1, -0.05) is 11.6 Å². The number of rotatable bonds is 3. The number of aliphatic hydroxyl groups excluding tert-OH is 1. The Hall–Kier alpha value is -0.700. The van der Waals surface area contributed by atoms with Gasteiger partial charge < -0.3 is 24.6 Å². The molecule has 0 amide bonds. The van der Waals surface area contributed by atoms with E-state index in [9.17, 15) is 5.11 Å². The monoisotopic (exact) mass is 329 g/mol. The summed E-state index contributed by atoms with van der Waals surface area (Å²) in [6, 6.07) is -0.255. The van der Waals surface area contributed by atoms with Crippen molar-refractivity contribution in [2.24, 2.45) is 0 Å². The van der Waals surface area contributed by atoms with Crippen LogP contribution in [0.3, 0.4) is 0 Å². The highest BCUT2D eigenvalue weighted by atomic mass is 35.5. The number of nitrogens with one attached hydrogen (secondary N) is 1. The van der Waals surface area contributed by atoms with E-state index in [-0.39, 0.29) is 12.1 Å². The summed E-state index contributed by atoms with van der Waals surface area (Å²) < 4.78 is 18.6. The predicted molar refractivity (Wildman–Crippen MR) is 77.7 cm³/mol. The van der Waals surface area contributed by atoms with Crippen LogP contribution in [0.5, 0.6) is 0 Å². The molecule has 1 aromatic heterocycles. The Morgan fingerprint density at radius 3 is 2.91 bits per heavy atom. The first-order valence-corrected chi connectivity index (χ1v) is 8.09. The van der Waals surface area contributed by atoms with Crippen molar-refractivity contribution in [2.75, 3.05) is 19.8 Å². The summed E-state index contributed by atoms with van der Waals surface area (Å²) in [6.07, 6.45) is 3.86. The standard InChI is InChI=1S/C14H20ClN3O4/c15-8-5-16-18(6-8)12-13(19)11(10-7-21-14(12)22-10)17-9-1-3-20-4-2-9/h5-6,9-14,17,19H,1-4,7H2. The van der Waals surface area contributed by atoms with E-state index < -0.39 is 18.4 Å². The van der Waals surface area contributed by atoms with Crippen LogP contribution in [-0.2, 0) is 14.2 Å². The molecule has 5 atom stereocenters. The molecule has 2 bridgehead atoms. The first kappa shape index (κ1) is 14.9. The lowest BCUT2D eigenvalue weighted by atomic mass is 9.94. The summed E-state index contributed by atoms with van der Waals surface area (Å²) in [4.78, 5) is 0. The van der Waals surface area contributed by atoms with Crippen molar-refractivity contribution in [1.29, 1.82) is 0 Å². The minimum atomic E-state index is -0.648. The van der Waals surface area contributed by atoms with Crippen molar-refractivity contribution < 1.29 is 19.3 Å². The Balaban J connectivity index is 1.53. The Morgan fingerprint density at radius 2 is 2.18 bits per heavy atom. The molecule has 7 nitrogen and oxygen atoms in total. The fourth-order valence-electron chi connectivity index (χ4n) is 3.50. The van der Waals surface area contributed by atoms with Crippen molar-refractivity contribution in [2.45, 2.75) is 49.5 Å². The molecule has 0 aromatic carbocycles. The van der Waals surface area contributed by atoms with Crippen molar-refractivity contribution in [3.8, 4) is 0 Å². The maximum atomic E-state index is 10.8. The Labute approximate surface area is 133 Å². The fraction of sp³-hybridized carbons (Fsp3) is 0.786. The van der Waals surface area contributed by atoms with E-state index in [1.54, 1.807) is 17.1 Å². The summed E-state index contributed by atoms with van der Waals surface area (Å²) in [5, 5.41) is 19.1. The van der Waals surface area contributed by atoms with E-state index in [2.05, 4.69) is 10.4 Å². The van der Waals surface area contributed by atoms with Gasteiger partial charge in [0.15, 0.2) is 6.29 Å². The summed E-state index contributed by atoms with van der Waals surface area (Å²) in [6.45, 7) is 1.99. The average Bonchev–Trinajstić information content (AvgIpc) is 3.13. The van der Waals surface area contributed by atoms with Gasteiger partial charge >= 0.3 is 0 Å². The Kier molecular flexibility index (Phi) is 4.10. The van der Waals surface area contributed by atoms with Crippen LogP contribution in [0.2, 0.25) is 5.02 Å². The molecular weight excluding hydrogens is 310 g/mol. The second kappa shape index (κ2) is 6.07. The molecule has 8 heteroatoms. The molecule has 3 fully saturated rings. The van der Waals surface area contributed by atoms with Crippen molar-refractivity contribution in [3.05, 3.63) is 17.4 Å². The van der Waals surface area contributed by atoms with Gasteiger partial charge in [-0.25, -0.2) is 0 Å². The van der Waals surface area contributed by atoms with Crippen LogP contribution in [0.4, 0.5) is 0 Å². The molecule has 3 saturated heterocycles. The number of aromatic nitrogens is 2. The first-order chi connectivity index (χ1) is 10.7. The van der Waals surface area contributed by atoms with E-state index >= 15 is 0 Å². The SMILES string of the molecule is OC1C(NC2CCOCC2)C2COC(O2)C1n1cc(Cl)cn1. The van der Waals surface area contributed by atoms with Crippen LogP contribution in [0.25, 0.3) is 0 Å². The molecule has 0 saturated carbocycles. The topological polar surface area (TPSA) is 77.8 Å². The molecule has 3 aliphatic heterocycles. The smallest absolute Gasteiger partial charge is 0.183 e. The number of ether oxygens (including phenoxy) is 3. The third-order valence-electron chi connectivity index (χ3n) is 4.66. The van der Waals surface area contributed by atoms with Crippen LogP contribution in [0.1, 0.15) is 18.9 Å². The highest BCUT2D eigenvalue weighted by Crippen LogP contribution is 2.36. The van der Waals surface area contributed by atoms with Crippen LogP contribution < -0.4 is 5.32 Å². The van der Waals surface area contributed by atoms with Crippen LogP contribution in [-0.4, -0.2) is 65.3 Å². The quantitative estimate of drug-likeness (QED) is 0.832. The maximum absolute atomic E-state index is 10.8. The average molecular weight is 330 g/mol. The normalized spacial score (nSPS) is 39.3. The number of halogens is 1.